The molecule has 0 atom stereocenters. The van der Waals surface area contributed by atoms with Gasteiger partial charge in [-0.3, -0.25) is 0 Å². The van der Waals surface area contributed by atoms with E-state index >= 15 is 0 Å². The average molecular weight is 194 g/mol. The van der Waals surface area contributed by atoms with E-state index in [1.165, 1.54) is 7.11 Å². The molecule has 0 radical (unpaired) electrons. The Hall–Kier alpha value is -1.91. The maximum atomic E-state index is 5.59. The molecule has 2 N–H and O–H groups in total. The van der Waals surface area contributed by atoms with Crippen LogP contribution in [0, 0.1) is 0 Å². The minimum atomic E-state index is 0.348. The van der Waals surface area contributed by atoms with E-state index < -0.39 is 0 Å². The van der Waals surface area contributed by atoms with Gasteiger partial charge in [0.1, 0.15) is 0 Å². The number of nitrogens with zero attached hydrogens (tertiary/aromatic N) is 1. The van der Waals surface area contributed by atoms with Crippen LogP contribution in [-0.2, 0) is 0 Å². The summed E-state index contributed by atoms with van der Waals surface area (Å²) in [6, 6.07) is 3.54. The summed E-state index contributed by atoms with van der Waals surface area (Å²) >= 11 is 0. The predicted octanol–water partition coefficient (Wildman–Crippen LogP) is 1.43. The predicted molar refractivity (Wildman–Crippen MR) is 51.5 cm³/mol. The Balaban J connectivity index is 2.77. The van der Waals surface area contributed by atoms with E-state index in [1.807, 2.05) is 0 Å². The normalized spacial score (nSPS) is 10.4. The van der Waals surface area contributed by atoms with E-state index in [9.17, 15) is 0 Å². The first-order chi connectivity index (χ1) is 6.77. The van der Waals surface area contributed by atoms with Gasteiger partial charge in [0.25, 0.3) is 0 Å². The van der Waals surface area contributed by atoms with Gasteiger partial charge in [0.15, 0.2) is 11.6 Å². The molecular weight excluding hydrogens is 184 g/mol. The van der Waals surface area contributed by atoms with Crippen molar-refractivity contribution in [3.63, 3.8) is 0 Å². The lowest BCUT2D eigenvalue weighted by Gasteiger charge is -2.05. The first-order valence-corrected chi connectivity index (χ1v) is 4.03. The fraction of sp³-hybridized carbons (Fsp3) is 0.222. The van der Waals surface area contributed by atoms with Crippen molar-refractivity contribution in [1.82, 2.24) is 5.16 Å². The molecule has 0 saturated carbocycles. The van der Waals surface area contributed by atoms with Crippen molar-refractivity contribution in [2.45, 2.75) is 0 Å². The highest BCUT2D eigenvalue weighted by Crippen LogP contribution is 2.37. The quantitative estimate of drug-likeness (QED) is 0.782. The Bertz CT molecular complexity index is 464. The van der Waals surface area contributed by atoms with Gasteiger partial charge in [-0.2, -0.15) is 0 Å². The van der Waals surface area contributed by atoms with Gasteiger partial charge in [-0.1, -0.05) is 5.16 Å². The zero-order valence-electron chi connectivity index (χ0n) is 7.90. The summed E-state index contributed by atoms with van der Waals surface area (Å²) in [6.45, 7) is 0. The Morgan fingerprint density at radius 2 is 2.07 bits per heavy atom. The van der Waals surface area contributed by atoms with Crippen LogP contribution in [0.25, 0.3) is 11.0 Å². The van der Waals surface area contributed by atoms with E-state index in [4.69, 9.17) is 19.7 Å². The second kappa shape index (κ2) is 3.10. The highest BCUT2D eigenvalue weighted by Gasteiger charge is 2.14. The van der Waals surface area contributed by atoms with Gasteiger partial charge in [0.2, 0.25) is 11.3 Å². The highest BCUT2D eigenvalue weighted by molar-refractivity contribution is 5.92. The van der Waals surface area contributed by atoms with Crippen LogP contribution in [0.4, 0.5) is 5.82 Å². The van der Waals surface area contributed by atoms with Crippen LogP contribution < -0.4 is 15.2 Å². The van der Waals surface area contributed by atoms with Gasteiger partial charge in [0, 0.05) is 0 Å². The zero-order valence-corrected chi connectivity index (χ0v) is 7.90. The van der Waals surface area contributed by atoms with Crippen LogP contribution in [-0.4, -0.2) is 19.4 Å². The standard InChI is InChI=1S/C9H10N2O3/c1-12-6-4-3-5-7(8(6)13-2)14-11-9(5)10/h3-4H,1-2H3,(H2,10,11). The first-order valence-electron chi connectivity index (χ1n) is 4.03. The van der Waals surface area contributed by atoms with E-state index in [-0.39, 0.29) is 0 Å². The summed E-state index contributed by atoms with van der Waals surface area (Å²) in [6.07, 6.45) is 0. The number of methoxy groups -OCH3 is 2. The maximum absolute atomic E-state index is 5.59. The molecule has 5 nitrogen and oxygen atoms in total. The summed E-state index contributed by atoms with van der Waals surface area (Å²) in [4.78, 5) is 0. The molecule has 74 valence electrons. The highest BCUT2D eigenvalue weighted by atomic mass is 16.5. The lowest BCUT2D eigenvalue weighted by molar-refractivity contribution is 0.348. The Labute approximate surface area is 80.4 Å². The van der Waals surface area contributed by atoms with E-state index in [2.05, 4.69) is 5.16 Å². The third kappa shape index (κ3) is 1.06. The molecule has 0 unspecified atom stereocenters. The number of ether oxygens (including phenoxy) is 2. The smallest absolute Gasteiger partial charge is 0.214 e. The monoisotopic (exact) mass is 194 g/mol. The van der Waals surface area contributed by atoms with Crippen LogP contribution in [0.2, 0.25) is 0 Å². The zero-order chi connectivity index (χ0) is 10.1. The molecule has 0 aliphatic heterocycles. The third-order valence-electron chi connectivity index (χ3n) is 2.01. The summed E-state index contributed by atoms with van der Waals surface area (Å²) in [5.41, 5.74) is 6.09. The molecule has 0 aliphatic rings. The second-order valence-electron chi connectivity index (χ2n) is 2.75. The van der Waals surface area contributed by atoms with Gasteiger partial charge >= 0.3 is 0 Å². The number of anilines is 1. The molecule has 1 heterocycles. The number of nitrogen functional groups attached to an aromatic ring is 1. The lowest BCUT2D eigenvalue weighted by Crippen LogP contribution is -1.90. The van der Waals surface area contributed by atoms with Crippen molar-refractivity contribution >= 4 is 16.8 Å². The number of fused-ring (bicyclic) bond motifs is 1. The molecule has 1 aromatic carbocycles. The van der Waals surface area contributed by atoms with Crippen molar-refractivity contribution in [3.05, 3.63) is 12.1 Å². The van der Waals surface area contributed by atoms with Crippen LogP contribution in [0.15, 0.2) is 16.7 Å². The third-order valence-corrected chi connectivity index (χ3v) is 2.01. The largest absolute Gasteiger partial charge is 0.493 e. The fourth-order valence-corrected chi connectivity index (χ4v) is 1.33. The topological polar surface area (TPSA) is 70.5 Å². The minimum Gasteiger partial charge on any atom is -0.493 e. The van der Waals surface area contributed by atoms with Gasteiger partial charge in [-0.15, -0.1) is 0 Å². The Kier molecular flexibility index (Phi) is 1.92. The molecule has 0 amide bonds. The van der Waals surface area contributed by atoms with Gasteiger partial charge in [-0.05, 0) is 12.1 Å². The number of rotatable bonds is 2. The van der Waals surface area contributed by atoms with Crippen molar-refractivity contribution in [1.29, 1.82) is 0 Å². The molecule has 0 spiro atoms. The van der Waals surface area contributed by atoms with Crippen LogP contribution in [0.3, 0.4) is 0 Å². The molecule has 5 heteroatoms. The molecular formula is C9H10N2O3. The first kappa shape index (κ1) is 8.68. The molecule has 0 saturated heterocycles. The van der Waals surface area contributed by atoms with Crippen molar-refractivity contribution < 1.29 is 14.0 Å². The Morgan fingerprint density at radius 3 is 2.71 bits per heavy atom. The van der Waals surface area contributed by atoms with E-state index in [0.717, 1.165) is 5.39 Å². The van der Waals surface area contributed by atoms with Crippen molar-refractivity contribution in [2.75, 3.05) is 20.0 Å². The lowest BCUT2D eigenvalue weighted by atomic mass is 10.2. The van der Waals surface area contributed by atoms with Gasteiger partial charge in [0.05, 0.1) is 19.6 Å². The molecule has 0 bridgehead atoms. The number of benzene rings is 1. The molecule has 2 rings (SSSR count). The molecule has 14 heavy (non-hydrogen) atoms. The van der Waals surface area contributed by atoms with Gasteiger partial charge < -0.3 is 19.7 Å². The number of nitrogens with two attached hydrogens (primary N) is 1. The summed E-state index contributed by atoms with van der Waals surface area (Å²) < 4.78 is 15.3. The maximum Gasteiger partial charge on any atom is 0.214 e. The minimum absolute atomic E-state index is 0.348. The van der Waals surface area contributed by atoms with E-state index in [0.29, 0.717) is 22.9 Å². The van der Waals surface area contributed by atoms with Crippen LogP contribution in [0.1, 0.15) is 0 Å². The summed E-state index contributed by atoms with van der Waals surface area (Å²) in [7, 11) is 3.10. The van der Waals surface area contributed by atoms with E-state index in [1.54, 1.807) is 19.2 Å². The van der Waals surface area contributed by atoms with Crippen LogP contribution in [0.5, 0.6) is 11.5 Å². The summed E-state index contributed by atoms with van der Waals surface area (Å²) in [5, 5.41) is 4.37. The average Bonchev–Trinajstić information content (AvgIpc) is 2.59. The SMILES string of the molecule is COc1ccc2c(N)noc2c1OC. The van der Waals surface area contributed by atoms with Crippen molar-refractivity contribution in [2.24, 2.45) is 0 Å². The number of hydrogen-bond acceptors (Lipinski definition) is 5. The second-order valence-corrected chi connectivity index (χ2v) is 2.75. The molecule has 2 aromatic rings. The van der Waals surface area contributed by atoms with Gasteiger partial charge in [-0.25, -0.2) is 0 Å². The Morgan fingerprint density at radius 1 is 1.29 bits per heavy atom. The summed E-state index contributed by atoms with van der Waals surface area (Å²) in [5.74, 6) is 1.45. The molecule has 0 aliphatic carbocycles. The molecule has 1 aromatic heterocycles. The number of aromatic nitrogens is 1. The fourth-order valence-electron chi connectivity index (χ4n) is 1.33. The van der Waals surface area contributed by atoms with Crippen LogP contribution >= 0.6 is 0 Å². The van der Waals surface area contributed by atoms with Crippen molar-refractivity contribution in [3.8, 4) is 11.5 Å². The number of hydrogen-bond donors (Lipinski definition) is 1. The molecule has 0 fully saturated rings.